The fraction of sp³-hybridized carbons (Fsp3) is 0.579. The SMILES string of the molecule is NCCNC1CCC(O)(CC(=O)NC2Cc3cccc(C(=O)O)c3OB2O)CC1. The van der Waals surface area contributed by atoms with Crippen molar-refractivity contribution in [1.82, 2.24) is 10.6 Å². The highest BCUT2D eigenvalue weighted by Crippen LogP contribution is 2.32. The van der Waals surface area contributed by atoms with Gasteiger partial charge in [-0.3, -0.25) is 4.79 Å². The summed E-state index contributed by atoms with van der Waals surface area (Å²) in [5.74, 6) is -2.10. The van der Waals surface area contributed by atoms with Crippen LogP contribution in [0.15, 0.2) is 18.2 Å². The molecular weight excluding hydrogens is 377 g/mol. The van der Waals surface area contributed by atoms with Gasteiger partial charge in [-0.15, -0.1) is 0 Å². The Hall–Kier alpha value is -2.14. The molecule has 1 atom stereocenters. The number of aliphatic hydroxyl groups is 1. The Morgan fingerprint density at radius 2 is 2.03 bits per heavy atom. The summed E-state index contributed by atoms with van der Waals surface area (Å²) >= 11 is 0. The lowest BCUT2D eigenvalue weighted by atomic mass is 9.72. The molecule has 1 heterocycles. The number of para-hydroxylation sites is 1. The number of fused-ring (bicyclic) bond motifs is 1. The van der Waals surface area contributed by atoms with E-state index in [0.29, 0.717) is 31.0 Å². The average molecular weight is 405 g/mol. The molecule has 0 spiro atoms. The van der Waals surface area contributed by atoms with E-state index in [2.05, 4.69) is 10.6 Å². The van der Waals surface area contributed by atoms with Gasteiger partial charge in [0.2, 0.25) is 5.91 Å². The first kappa shape index (κ1) is 21.6. The number of carbonyl (C=O) groups excluding carboxylic acids is 1. The molecule has 3 rings (SSSR count). The van der Waals surface area contributed by atoms with Crippen LogP contribution in [0.25, 0.3) is 0 Å². The van der Waals surface area contributed by atoms with Crippen LogP contribution in [0, 0.1) is 0 Å². The largest absolute Gasteiger partial charge is 0.547 e. The number of aromatic carboxylic acids is 1. The molecule has 1 saturated carbocycles. The Morgan fingerprint density at radius 3 is 2.69 bits per heavy atom. The fourth-order valence-electron chi connectivity index (χ4n) is 4.10. The summed E-state index contributed by atoms with van der Waals surface area (Å²) in [5, 5.41) is 36.3. The van der Waals surface area contributed by atoms with Crippen LogP contribution in [-0.2, 0) is 11.2 Å². The van der Waals surface area contributed by atoms with Gasteiger partial charge in [-0.1, -0.05) is 12.1 Å². The quantitative estimate of drug-likeness (QED) is 0.330. The zero-order valence-electron chi connectivity index (χ0n) is 16.3. The van der Waals surface area contributed by atoms with Crippen molar-refractivity contribution in [2.24, 2.45) is 5.73 Å². The lowest BCUT2D eigenvalue weighted by Crippen LogP contribution is -2.54. The van der Waals surface area contributed by atoms with E-state index >= 15 is 0 Å². The number of nitrogens with two attached hydrogens (primary N) is 1. The molecule has 1 aliphatic carbocycles. The van der Waals surface area contributed by atoms with Crippen LogP contribution in [0.4, 0.5) is 0 Å². The normalized spacial score (nSPS) is 26.4. The molecule has 1 fully saturated rings. The van der Waals surface area contributed by atoms with Gasteiger partial charge in [0.1, 0.15) is 5.75 Å². The molecule has 7 N–H and O–H groups in total. The molecule has 0 radical (unpaired) electrons. The maximum Gasteiger partial charge on any atom is 0.547 e. The van der Waals surface area contributed by atoms with Gasteiger partial charge in [-0.2, -0.15) is 0 Å². The van der Waals surface area contributed by atoms with Gasteiger partial charge in [-0.05, 0) is 43.7 Å². The van der Waals surface area contributed by atoms with Gasteiger partial charge in [-0.25, -0.2) is 4.79 Å². The van der Waals surface area contributed by atoms with E-state index in [0.717, 1.165) is 19.4 Å². The Bertz CT molecular complexity index is 753. The number of hydrogen-bond donors (Lipinski definition) is 6. The van der Waals surface area contributed by atoms with E-state index in [1.165, 1.54) is 6.07 Å². The molecule has 1 aliphatic heterocycles. The number of amides is 1. The minimum atomic E-state index is -1.36. The minimum absolute atomic E-state index is 0.0272. The van der Waals surface area contributed by atoms with Crippen molar-refractivity contribution in [1.29, 1.82) is 0 Å². The third kappa shape index (κ3) is 5.27. The highest BCUT2D eigenvalue weighted by molar-refractivity contribution is 6.47. The first-order chi connectivity index (χ1) is 13.8. The first-order valence-electron chi connectivity index (χ1n) is 9.96. The summed E-state index contributed by atoms with van der Waals surface area (Å²) in [6, 6.07) is 5.01. The van der Waals surface area contributed by atoms with Crippen molar-refractivity contribution in [3.05, 3.63) is 29.3 Å². The molecule has 1 aromatic rings. The maximum absolute atomic E-state index is 12.5. The van der Waals surface area contributed by atoms with Crippen molar-refractivity contribution in [3.63, 3.8) is 0 Å². The van der Waals surface area contributed by atoms with Crippen molar-refractivity contribution in [3.8, 4) is 5.75 Å². The zero-order valence-corrected chi connectivity index (χ0v) is 16.3. The first-order valence-corrected chi connectivity index (χ1v) is 9.96. The summed E-state index contributed by atoms with van der Waals surface area (Å²) in [5.41, 5.74) is 5.00. The zero-order chi connectivity index (χ0) is 21.0. The van der Waals surface area contributed by atoms with Crippen LogP contribution >= 0.6 is 0 Å². The predicted octanol–water partition coefficient (Wildman–Crippen LogP) is -0.564. The molecule has 1 unspecified atom stereocenters. The highest BCUT2D eigenvalue weighted by atomic mass is 16.5. The van der Waals surface area contributed by atoms with E-state index in [1.807, 2.05) is 0 Å². The molecule has 1 amide bonds. The molecule has 0 saturated heterocycles. The Labute approximate surface area is 169 Å². The number of carbonyl (C=O) groups is 2. The van der Waals surface area contributed by atoms with Crippen molar-refractivity contribution >= 4 is 19.0 Å². The second kappa shape index (κ2) is 9.12. The van der Waals surface area contributed by atoms with Gasteiger partial charge in [0, 0.05) is 19.1 Å². The summed E-state index contributed by atoms with van der Waals surface area (Å²) in [6.45, 7) is 1.29. The lowest BCUT2D eigenvalue weighted by molar-refractivity contribution is -0.128. The van der Waals surface area contributed by atoms with E-state index in [4.69, 9.17) is 10.4 Å². The van der Waals surface area contributed by atoms with Crippen LogP contribution in [0.3, 0.4) is 0 Å². The van der Waals surface area contributed by atoms with Crippen molar-refractivity contribution in [2.45, 2.75) is 56.1 Å². The summed E-state index contributed by atoms with van der Waals surface area (Å²) in [4.78, 5) is 23.8. The molecule has 0 aromatic heterocycles. The Balaban J connectivity index is 1.56. The number of nitrogens with one attached hydrogen (secondary N) is 2. The predicted molar refractivity (Wildman–Crippen MR) is 107 cm³/mol. The van der Waals surface area contributed by atoms with E-state index in [9.17, 15) is 24.8 Å². The Kier molecular flexibility index (Phi) is 6.79. The van der Waals surface area contributed by atoms with Gasteiger partial charge < -0.3 is 36.3 Å². The summed E-state index contributed by atoms with van der Waals surface area (Å²) in [6.07, 6.45) is 2.75. The van der Waals surface area contributed by atoms with Crippen LogP contribution in [-0.4, -0.2) is 64.9 Å². The smallest absolute Gasteiger partial charge is 0.534 e. The topological polar surface area (TPSA) is 154 Å². The number of benzene rings is 1. The third-order valence-electron chi connectivity index (χ3n) is 5.68. The molecule has 9 nitrogen and oxygen atoms in total. The third-order valence-corrected chi connectivity index (χ3v) is 5.68. The Morgan fingerprint density at radius 1 is 1.31 bits per heavy atom. The van der Waals surface area contributed by atoms with Gasteiger partial charge in [0.05, 0.1) is 23.5 Å². The second-order valence-electron chi connectivity index (χ2n) is 7.90. The van der Waals surface area contributed by atoms with Gasteiger partial charge >= 0.3 is 13.1 Å². The molecule has 2 aliphatic rings. The van der Waals surface area contributed by atoms with Crippen molar-refractivity contribution in [2.75, 3.05) is 13.1 Å². The number of carboxylic acids is 1. The highest BCUT2D eigenvalue weighted by Gasteiger charge is 2.40. The average Bonchev–Trinajstić information content (AvgIpc) is 2.67. The number of rotatable bonds is 7. The summed E-state index contributed by atoms with van der Waals surface area (Å²) < 4.78 is 5.38. The number of hydrogen-bond acceptors (Lipinski definition) is 7. The molecule has 29 heavy (non-hydrogen) atoms. The standard InChI is InChI=1S/C19H28BN3O6/c21-8-9-22-13-4-6-19(27,7-5-13)11-16(24)23-15-10-12-2-1-3-14(18(25)26)17(12)29-20(15)28/h1-3,13,15,22,27-28H,4-11,21H2,(H,23,24)(H,25,26). The van der Waals surface area contributed by atoms with Gasteiger partial charge in [0.25, 0.3) is 0 Å². The molecular formula is C19H28BN3O6. The molecule has 0 bridgehead atoms. The van der Waals surface area contributed by atoms with E-state index < -0.39 is 24.6 Å². The van der Waals surface area contributed by atoms with Crippen molar-refractivity contribution < 1.29 is 29.5 Å². The summed E-state index contributed by atoms with van der Waals surface area (Å²) in [7, 11) is -1.36. The van der Waals surface area contributed by atoms with Crippen LogP contribution < -0.4 is 21.0 Å². The molecule has 158 valence electrons. The monoisotopic (exact) mass is 405 g/mol. The van der Waals surface area contributed by atoms with Gasteiger partial charge in [0.15, 0.2) is 0 Å². The van der Waals surface area contributed by atoms with E-state index in [-0.39, 0.29) is 30.1 Å². The molecule has 1 aromatic carbocycles. The fourth-order valence-corrected chi connectivity index (χ4v) is 4.10. The van der Waals surface area contributed by atoms with Crippen LogP contribution in [0.1, 0.15) is 48.0 Å². The van der Waals surface area contributed by atoms with Crippen LogP contribution in [0.2, 0.25) is 0 Å². The number of carboxylic acid groups (broad SMARTS) is 1. The second-order valence-corrected chi connectivity index (χ2v) is 7.90. The maximum atomic E-state index is 12.5. The van der Waals surface area contributed by atoms with Crippen LogP contribution in [0.5, 0.6) is 5.75 Å². The molecule has 10 heteroatoms. The lowest BCUT2D eigenvalue weighted by Gasteiger charge is -2.36. The van der Waals surface area contributed by atoms with E-state index in [1.54, 1.807) is 12.1 Å². The minimum Gasteiger partial charge on any atom is -0.534 e.